The van der Waals surface area contributed by atoms with Gasteiger partial charge in [0.2, 0.25) is 0 Å². The number of pyridine rings is 1. The number of carbonyl (C=O) groups excluding carboxylic acids is 1. The number of aryl methyl sites for hydroxylation is 1. The molecule has 0 radical (unpaired) electrons. The third-order valence-corrected chi connectivity index (χ3v) is 4.95. The number of nitrogens with one attached hydrogen (secondary N) is 2. The van der Waals surface area contributed by atoms with Gasteiger partial charge in [0.1, 0.15) is 29.6 Å². The number of urea groups is 1. The predicted molar refractivity (Wildman–Crippen MR) is 130 cm³/mol. The van der Waals surface area contributed by atoms with Gasteiger partial charge in [0, 0.05) is 35.1 Å². The van der Waals surface area contributed by atoms with E-state index in [1.165, 1.54) is 0 Å². The van der Waals surface area contributed by atoms with Crippen LogP contribution in [0.15, 0.2) is 48.8 Å². The number of ether oxygens (including phenoxy) is 1. The van der Waals surface area contributed by atoms with Crippen LogP contribution in [0.5, 0.6) is 5.75 Å². The van der Waals surface area contributed by atoms with Crippen LogP contribution < -0.4 is 21.1 Å². The Kier molecular flexibility index (Phi) is 6.69. The first-order chi connectivity index (χ1) is 17.0. The van der Waals surface area contributed by atoms with E-state index in [-0.39, 0.29) is 11.8 Å². The third-order valence-electron chi connectivity index (χ3n) is 4.95. The summed E-state index contributed by atoms with van der Waals surface area (Å²) in [6, 6.07) is 9.34. The molecule has 0 unspecified atom stereocenters. The maximum absolute atomic E-state index is 12.5. The number of carbonyl (C=O) groups is 1. The number of anilines is 2. The predicted octanol–water partition coefficient (Wildman–Crippen LogP) is 4.82. The molecule has 36 heavy (non-hydrogen) atoms. The van der Waals surface area contributed by atoms with Crippen LogP contribution in [-0.4, -0.2) is 44.2 Å². The number of hydrogen-bond donors (Lipinski definition) is 3. The summed E-state index contributed by atoms with van der Waals surface area (Å²) in [5.41, 5.74) is 9.54. The van der Waals surface area contributed by atoms with Gasteiger partial charge in [0.25, 0.3) is 0 Å². The summed E-state index contributed by atoms with van der Waals surface area (Å²) in [5.74, 6) is 1.35. The molecule has 4 N–H and O–H groups in total. The topological polar surface area (TPSA) is 119 Å². The number of rotatable bonds is 6. The van der Waals surface area contributed by atoms with E-state index in [2.05, 4.69) is 20.3 Å². The molecule has 0 atom stereocenters. The summed E-state index contributed by atoms with van der Waals surface area (Å²) in [5, 5.41) is 4.23. The normalized spacial score (nSPS) is 11.6. The first-order valence-corrected chi connectivity index (χ1v) is 11.0. The van der Waals surface area contributed by atoms with E-state index in [0.717, 1.165) is 5.56 Å². The minimum Gasteiger partial charge on any atom is -0.491 e. The van der Waals surface area contributed by atoms with Crippen LogP contribution in [0.1, 0.15) is 19.7 Å². The molecule has 0 saturated carbocycles. The first kappa shape index (κ1) is 24.8. The molecule has 4 rings (SSSR count). The quantitative estimate of drug-likeness (QED) is 0.350. The maximum atomic E-state index is 12.5. The Morgan fingerprint density at radius 1 is 1.14 bits per heavy atom. The zero-order valence-electron chi connectivity index (χ0n) is 19.7. The molecule has 0 fully saturated rings. The molecule has 9 nitrogen and oxygen atoms in total. The average Bonchev–Trinajstić information content (AvgIpc) is 3.19. The highest BCUT2D eigenvalue weighted by molar-refractivity contribution is 5.90. The average molecular weight is 499 g/mol. The largest absolute Gasteiger partial charge is 0.491 e. The van der Waals surface area contributed by atoms with Crippen molar-refractivity contribution in [1.82, 2.24) is 24.7 Å². The number of imidazole rings is 1. The van der Waals surface area contributed by atoms with Gasteiger partial charge in [-0.15, -0.1) is 0 Å². The fraction of sp³-hybridized carbons (Fsp3) is 0.250. The Morgan fingerprint density at radius 3 is 2.61 bits per heavy atom. The van der Waals surface area contributed by atoms with Gasteiger partial charge < -0.3 is 21.1 Å². The van der Waals surface area contributed by atoms with Gasteiger partial charge in [0.15, 0.2) is 0 Å². The zero-order valence-corrected chi connectivity index (χ0v) is 19.7. The summed E-state index contributed by atoms with van der Waals surface area (Å²) in [6.45, 7) is 3.99. The minimum atomic E-state index is -4.52. The second-order valence-corrected chi connectivity index (χ2v) is 8.35. The number of fused-ring (bicyclic) bond motifs is 1. The van der Waals surface area contributed by atoms with Gasteiger partial charge in [-0.1, -0.05) is 0 Å². The molecule has 1 aromatic carbocycles. The Morgan fingerprint density at radius 2 is 1.92 bits per heavy atom. The standard InChI is InChI=1S/C24H24F3N7O2/c1-13(2)36-18-7-16(6-17(9-18)33-23(35)30-12-24(25,26)27)20-11-29-22-8-15(4-5-34(20)22)19-10-21(28)32-14(3)31-19/h4-11,13H,12H2,1-3H3,(H2,28,31,32)(H2,30,33,35). The van der Waals surface area contributed by atoms with Crippen LogP contribution in [0.4, 0.5) is 29.5 Å². The number of alkyl halides is 3. The number of hydrogen-bond acceptors (Lipinski definition) is 6. The van der Waals surface area contributed by atoms with Gasteiger partial charge in [-0.2, -0.15) is 13.2 Å². The number of benzene rings is 1. The lowest BCUT2D eigenvalue weighted by Gasteiger charge is -2.15. The van der Waals surface area contributed by atoms with Crippen LogP contribution in [0.3, 0.4) is 0 Å². The van der Waals surface area contributed by atoms with E-state index in [9.17, 15) is 18.0 Å². The van der Waals surface area contributed by atoms with Gasteiger partial charge in [-0.3, -0.25) is 4.40 Å². The molecule has 188 valence electrons. The number of aromatic nitrogens is 4. The zero-order chi connectivity index (χ0) is 26.0. The van der Waals surface area contributed by atoms with Crippen molar-refractivity contribution in [2.24, 2.45) is 0 Å². The summed E-state index contributed by atoms with van der Waals surface area (Å²) in [7, 11) is 0. The molecular weight excluding hydrogens is 475 g/mol. The number of nitrogens with zero attached hydrogens (tertiary/aromatic N) is 4. The van der Waals surface area contributed by atoms with Gasteiger partial charge in [0.05, 0.1) is 23.7 Å². The van der Waals surface area contributed by atoms with E-state index in [4.69, 9.17) is 10.5 Å². The van der Waals surface area contributed by atoms with Crippen molar-refractivity contribution in [2.45, 2.75) is 33.1 Å². The number of amides is 2. The highest BCUT2D eigenvalue weighted by atomic mass is 19.4. The highest BCUT2D eigenvalue weighted by Crippen LogP contribution is 2.31. The molecule has 0 aliphatic heterocycles. The van der Waals surface area contributed by atoms with Crippen LogP contribution in [0.2, 0.25) is 0 Å². The number of nitrogens with two attached hydrogens (primary N) is 1. The summed E-state index contributed by atoms with van der Waals surface area (Å²) in [4.78, 5) is 25.0. The molecule has 3 heterocycles. The van der Waals surface area contributed by atoms with Crippen molar-refractivity contribution in [3.05, 3.63) is 54.6 Å². The Labute approximate surface area is 204 Å². The van der Waals surface area contributed by atoms with Crippen LogP contribution in [0.25, 0.3) is 28.2 Å². The summed E-state index contributed by atoms with van der Waals surface area (Å²) < 4.78 is 45.0. The van der Waals surface area contributed by atoms with Crippen molar-refractivity contribution >= 4 is 23.2 Å². The van der Waals surface area contributed by atoms with Gasteiger partial charge in [-0.25, -0.2) is 19.7 Å². The van der Waals surface area contributed by atoms with Gasteiger partial charge >= 0.3 is 12.2 Å². The van der Waals surface area contributed by atoms with Crippen LogP contribution in [-0.2, 0) is 0 Å². The van der Waals surface area contributed by atoms with E-state index in [1.807, 2.05) is 36.6 Å². The minimum absolute atomic E-state index is 0.166. The van der Waals surface area contributed by atoms with E-state index in [0.29, 0.717) is 40.0 Å². The fourth-order valence-electron chi connectivity index (χ4n) is 3.61. The Hall–Kier alpha value is -4.35. The summed E-state index contributed by atoms with van der Waals surface area (Å²) >= 11 is 0. The van der Waals surface area contributed by atoms with Crippen molar-refractivity contribution in [2.75, 3.05) is 17.6 Å². The Balaban J connectivity index is 1.68. The smallest absolute Gasteiger partial charge is 0.405 e. The van der Waals surface area contributed by atoms with Crippen LogP contribution >= 0.6 is 0 Å². The highest BCUT2D eigenvalue weighted by Gasteiger charge is 2.27. The van der Waals surface area contributed by atoms with E-state index in [1.54, 1.807) is 42.7 Å². The lowest BCUT2D eigenvalue weighted by molar-refractivity contribution is -0.122. The van der Waals surface area contributed by atoms with Crippen LogP contribution in [0, 0.1) is 6.92 Å². The number of halogens is 3. The second-order valence-electron chi connectivity index (χ2n) is 8.35. The molecule has 0 aliphatic carbocycles. The molecule has 0 saturated heterocycles. The molecule has 3 aromatic heterocycles. The molecule has 2 amide bonds. The third kappa shape index (κ3) is 6.01. The van der Waals surface area contributed by atoms with Crippen molar-refractivity contribution in [3.8, 4) is 28.3 Å². The maximum Gasteiger partial charge on any atom is 0.405 e. The monoisotopic (exact) mass is 499 g/mol. The lowest BCUT2D eigenvalue weighted by Crippen LogP contribution is -2.36. The molecule has 12 heteroatoms. The molecule has 4 aromatic rings. The second kappa shape index (κ2) is 9.72. The Bertz CT molecular complexity index is 1400. The van der Waals surface area contributed by atoms with Crippen molar-refractivity contribution in [1.29, 1.82) is 0 Å². The van der Waals surface area contributed by atoms with Gasteiger partial charge in [-0.05, 0) is 45.0 Å². The number of nitrogen functional groups attached to an aromatic ring is 1. The fourth-order valence-corrected chi connectivity index (χ4v) is 3.61. The first-order valence-electron chi connectivity index (χ1n) is 11.0. The molecule has 0 bridgehead atoms. The SMILES string of the molecule is Cc1nc(N)cc(-c2ccn3c(-c4cc(NC(=O)NCC(F)(F)F)cc(OC(C)C)c4)cnc3c2)n1. The lowest BCUT2D eigenvalue weighted by atomic mass is 10.1. The van der Waals surface area contributed by atoms with Crippen molar-refractivity contribution in [3.63, 3.8) is 0 Å². The summed E-state index contributed by atoms with van der Waals surface area (Å²) in [6.07, 6.45) is -1.21. The molecule has 0 aliphatic rings. The molecular formula is C24H24F3N7O2. The van der Waals surface area contributed by atoms with E-state index >= 15 is 0 Å². The molecule has 0 spiro atoms. The van der Waals surface area contributed by atoms with E-state index < -0.39 is 18.8 Å². The van der Waals surface area contributed by atoms with Crippen molar-refractivity contribution < 1.29 is 22.7 Å².